The van der Waals surface area contributed by atoms with Crippen molar-refractivity contribution in [1.82, 2.24) is 0 Å². The van der Waals surface area contributed by atoms with Gasteiger partial charge in [-0.1, -0.05) is 21.6 Å². The van der Waals surface area contributed by atoms with Gasteiger partial charge in [-0.15, -0.1) is 0 Å². The van der Waals surface area contributed by atoms with Crippen LogP contribution in [0.2, 0.25) is 0 Å². The zero-order valence-electron chi connectivity index (χ0n) is 9.36. The Morgan fingerprint density at radius 1 is 0.812 bits per heavy atom. The SMILES string of the molecule is Cc1ccc(CSSCc2ccc(C)o2)o1. The van der Waals surface area contributed by atoms with Crippen LogP contribution >= 0.6 is 21.6 Å². The first kappa shape index (κ1) is 11.7. The molecule has 16 heavy (non-hydrogen) atoms. The number of aryl methyl sites for hydroxylation is 2. The van der Waals surface area contributed by atoms with Crippen molar-refractivity contribution in [2.45, 2.75) is 25.4 Å². The summed E-state index contributed by atoms with van der Waals surface area (Å²) in [6.07, 6.45) is 0. The summed E-state index contributed by atoms with van der Waals surface area (Å²) in [5.41, 5.74) is 0. The molecule has 0 fully saturated rings. The van der Waals surface area contributed by atoms with Crippen molar-refractivity contribution in [3.05, 3.63) is 47.3 Å². The second kappa shape index (κ2) is 5.55. The summed E-state index contributed by atoms with van der Waals surface area (Å²) in [6.45, 7) is 3.93. The zero-order valence-corrected chi connectivity index (χ0v) is 11.0. The molecule has 0 aliphatic heterocycles. The van der Waals surface area contributed by atoms with Gasteiger partial charge in [0.05, 0.1) is 11.5 Å². The smallest absolute Gasteiger partial charge is 0.114 e. The lowest BCUT2D eigenvalue weighted by Gasteiger charge is -1.97. The maximum absolute atomic E-state index is 5.48. The van der Waals surface area contributed by atoms with E-state index in [1.54, 1.807) is 21.6 Å². The van der Waals surface area contributed by atoms with E-state index in [4.69, 9.17) is 8.83 Å². The molecule has 0 amide bonds. The van der Waals surface area contributed by atoms with E-state index >= 15 is 0 Å². The monoisotopic (exact) mass is 254 g/mol. The van der Waals surface area contributed by atoms with E-state index in [1.807, 2.05) is 38.1 Å². The van der Waals surface area contributed by atoms with Crippen molar-refractivity contribution in [2.75, 3.05) is 0 Å². The fourth-order valence-corrected chi connectivity index (χ4v) is 3.23. The molecule has 0 aliphatic rings. The molecular formula is C12H14O2S2. The molecule has 0 saturated carbocycles. The molecule has 4 heteroatoms. The maximum atomic E-state index is 5.48. The summed E-state index contributed by atoms with van der Waals surface area (Å²) < 4.78 is 11.0. The molecule has 86 valence electrons. The van der Waals surface area contributed by atoms with E-state index in [0.717, 1.165) is 34.5 Å². The van der Waals surface area contributed by atoms with Crippen LogP contribution in [-0.2, 0) is 11.5 Å². The average molecular weight is 254 g/mol. The predicted octanol–water partition coefficient (Wildman–Crippen LogP) is 4.57. The largest absolute Gasteiger partial charge is 0.465 e. The molecular weight excluding hydrogens is 240 g/mol. The summed E-state index contributed by atoms with van der Waals surface area (Å²) in [5.74, 6) is 5.82. The van der Waals surface area contributed by atoms with Crippen LogP contribution in [0.1, 0.15) is 23.0 Å². The first-order valence-electron chi connectivity index (χ1n) is 5.09. The van der Waals surface area contributed by atoms with E-state index in [1.165, 1.54) is 0 Å². The lowest BCUT2D eigenvalue weighted by molar-refractivity contribution is 0.500. The third-order valence-electron chi connectivity index (χ3n) is 2.08. The molecule has 0 unspecified atom stereocenters. The topological polar surface area (TPSA) is 26.3 Å². The van der Waals surface area contributed by atoms with E-state index in [9.17, 15) is 0 Å². The van der Waals surface area contributed by atoms with Crippen molar-refractivity contribution in [3.63, 3.8) is 0 Å². The summed E-state index contributed by atoms with van der Waals surface area (Å²) in [6, 6.07) is 8.05. The van der Waals surface area contributed by atoms with Crippen LogP contribution in [0, 0.1) is 13.8 Å². The Hall–Kier alpha value is -0.740. The van der Waals surface area contributed by atoms with Gasteiger partial charge in [-0.05, 0) is 38.1 Å². The number of rotatable bonds is 5. The average Bonchev–Trinajstić information content (AvgIpc) is 2.83. The normalized spacial score (nSPS) is 10.9. The van der Waals surface area contributed by atoms with E-state index < -0.39 is 0 Å². The second-order valence-corrected chi connectivity index (χ2v) is 6.01. The van der Waals surface area contributed by atoms with Gasteiger partial charge in [-0.2, -0.15) is 0 Å². The van der Waals surface area contributed by atoms with Crippen molar-refractivity contribution in [2.24, 2.45) is 0 Å². The first-order valence-corrected chi connectivity index (χ1v) is 7.58. The highest BCUT2D eigenvalue weighted by molar-refractivity contribution is 8.76. The van der Waals surface area contributed by atoms with E-state index in [2.05, 4.69) is 0 Å². The van der Waals surface area contributed by atoms with Crippen molar-refractivity contribution in [3.8, 4) is 0 Å². The summed E-state index contributed by atoms with van der Waals surface area (Å²) in [7, 11) is 3.57. The van der Waals surface area contributed by atoms with Gasteiger partial charge in [-0.3, -0.25) is 0 Å². The molecule has 2 heterocycles. The van der Waals surface area contributed by atoms with Crippen LogP contribution in [0.4, 0.5) is 0 Å². The lowest BCUT2D eigenvalue weighted by atomic mass is 10.5. The molecule has 0 radical (unpaired) electrons. The van der Waals surface area contributed by atoms with Gasteiger partial charge in [0, 0.05) is 0 Å². The minimum atomic E-state index is 0.901. The quantitative estimate of drug-likeness (QED) is 0.576. The second-order valence-electron chi connectivity index (χ2n) is 3.55. The van der Waals surface area contributed by atoms with Crippen LogP contribution in [-0.4, -0.2) is 0 Å². The van der Waals surface area contributed by atoms with Crippen LogP contribution in [0.25, 0.3) is 0 Å². The van der Waals surface area contributed by atoms with Crippen LogP contribution in [0.3, 0.4) is 0 Å². The molecule has 0 bridgehead atoms. The van der Waals surface area contributed by atoms with Gasteiger partial charge in [0.2, 0.25) is 0 Å². The molecule has 0 saturated heterocycles. The number of hydrogen-bond acceptors (Lipinski definition) is 4. The van der Waals surface area contributed by atoms with Crippen LogP contribution in [0.5, 0.6) is 0 Å². The van der Waals surface area contributed by atoms with E-state index in [0.29, 0.717) is 0 Å². The number of furan rings is 2. The fraction of sp³-hybridized carbons (Fsp3) is 0.333. The molecule has 0 atom stereocenters. The number of hydrogen-bond donors (Lipinski definition) is 0. The summed E-state index contributed by atoms with van der Waals surface area (Å²) in [5, 5.41) is 0. The maximum Gasteiger partial charge on any atom is 0.114 e. The fourth-order valence-electron chi connectivity index (χ4n) is 1.32. The highest BCUT2D eigenvalue weighted by Gasteiger charge is 2.01. The Labute approximate surface area is 103 Å². The molecule has 0 N–H and O–H groups in total. The third kappa shape index (κ3) is 3.39. The third-order valence-corrected chi connectivity index (χ3v) is 4.26. The minimum Gasteiger partial charge on any atom is -0.465 e. The van der Waals surface area contributed by atoms with Gasteiger partial charge < -0.3 is 8.83 Å². The molecule has 2 aromatic heterocycles. The molecule has 2 aromatic rings. The van der Waals surface area contributed by atoms with Gasteiger partial charge in [-0.25, -0.2) is 0 Å². The Kier molecular flexibility index (Phi) is 4.07. The Bertz CT molecular complexity index is 403. The Morgan fingerprint density at radius 2 is 1.25 bits per heavy atom. The first-order chi connectivity index (χ1) is 7.74. The summed E-state index contributed by atoms with van der Waals surface area (Å²) in [4.78, 5) is 0. The summed E-state index contributed by atoms with van der Waals surface area (Å²) >= 11 is 0. The molecule has 2 nitrogen and oxygen atoms in total. The standard InChI is InChI=1S/C12H14O2S2/c1-9-3-5-11(13-9)7-15-16-8-12-6-4-10(2)14-12/h3-6H,7-8H2,1-2H3. The van der Waals surface area contributed by atoms with Gasteiger partial charge in [0.15, 0.2) is 0 Å². The highest BCUT2D eigenvalue weighted by Crippen LogP contribution is 2.30. The lowest BCUT2D eigenvalue weighted by Crippen LogP contribution is -1.74. The van der Waals surface area contributed by atoms with Gasteiger partial charge >= 0.3 is 0 Å². The van der Waals surface area contributed by atoms with Crippen LogP contribution in [0.15, 0.2) is 33.1 Å². The molecule has 0 aromatic carbocycles. The Balaban J connectivity index is 1.69. The molecule has 0 spiro atoms. The zero-order chi connectivity index (χ0) is 11.4. The van der Waals surface area contributed by atoms with Crippen molar-refractivity contribution in [1.29, 1.82) is 0 Å². The van der Waals surface area contributed by atoms with E-state index in [-0.39, 0.29) is 0 Å². The van der Waals surface area contributed by atoms with Gasteiger partial charge in [0.25, 0.3) is 0 Å². The Morgan fingerprint density at radius 3 is 1.56 bits per heavy atom. The molecule has 2 rings (SSSR count). The van der Waals surface area contributed by atoms with Crippen molar-refractivity contribution >= 4 is 21.6 Å². The molecule has 0 aliphatic carbocycles. The van der Waals surface area contributed by atoms with Crippen molar-refractivity contribution < 1.29 is 8.83 Å². The highest BCUT2D eigenvalue weighted by atomic mass is 33.1. The predicted molar refractivity (Wildman–Crippen MR) is 69.5 cm³/mol. The van der Waals surface area contributed by atoms with Gasteiger partial charge in [0.1, 0.15) is 23.0 Å². The van der Waals surface area contributed by atoms with Crippen LogP contribution < -0.4 is 0 Å². The minimum absolute atomic E-state index is 0.901.